The third-order valence-corrected chi connectivity index (χ3v) is 6.66. The van der Waals surface area contributed by atoms with E-state index in [-0.39, 0.29) is 23.9 Å². The predicted molar refractivity (Wildman–Crippen MR) is 136 cm³/mol. The molecule has 0 aliphatic heterocycles. The quantitative estimate of drug-likeness (QED) is 0.448. The predicted octanol–water partition coefficient (Wildman–Crippen LogP) is 2.46. The highest BCUT2D eigenvalue weighted by Gasteiger charge is 2.30. The summed E-state index contributed by atoms with van der Waals surface area (Å²) in [5.41, 5.74) is 1.21. The molecule has 0 saturated heterocycles. The van der Waals surface area contributed by atoms with Crippen molar-refractivity contribution in [3.8, 4) is 11.5 Å². The average Bonchev–Trinajstić information content (AvgIpc) is 2.85. The van der Waals surface area contributed by atoms with Crippen LogP contribution in [0, 0.1) is 0 Å². The largest absolute Gasteiger partial charge is 0.497 e. The van der Waals surface area contributed by atoms with Gasteiger partial charge < -0.3 is 19.7 Å². The number of nitrogens with zero attached hydrogens (tertiary/aromatic N) is 2. The third-order valence-electron chi connectivity index (χ3n) is 5.54. The Balaban J connectivity index is 2.37. The minimum Gasteiger partial charge on any atom is -0.497 e. The van der Waals surface area contributed by atoms with Crippen LogP contribution in [0.2, 0.25) is 0 Å². The van der Waals surface area contributed by atoms with E-state index in [0.29, 0.717) is 18.7 Å². The summed E-state index contributed by atoms with van der Waals surface area (Å²) >= 11 is 0. The highest BCUT2D eigenvalue weighted by molar-refractivity contribution is 7.92. The number of sulfonamides is 1. The van der Waals surface area contributed by atoms with Crippen LogP contribution in [0.5, 0.6) is 11.5 Å². The lowest BCUT2D eigenvalue weighted by atomic mass is 10.1. The second kappa shape index (κ2) is 13.0. The Bertz CT molecular complexity index is 1090. The molecule has 35 heavy (non-hydrogen) atoms. The number of hydrogen-bond acceptors (Lipinski definition) is 6. The molecular formula is C25H35N3O6S. The molecule has 0 aromatic heterocycles. The summed E-state index contributed by atoms with van der Waals surface area (Å²) in [5, 5.41) is 2.81. The van der Waals surface area contributed by atoms with E-state index in [1.54, 1.807) is 19.1 Å². The normalized spacial score (nSPS) is 11.9. The number of benzene rings is 2. The number of carbonyl (C=O) groups is 2. The maximum absolute atomic E-state index is 13.5. The summed E-state index contributed by atoms with van der Waals surface area (Å²) in [6.45, 7) is 3.84. The van der Waals surface area contributed by atoms with Crippen LogP contribution in [-0.4, -0.2) is 71.3 Å². The zero-order valence-electron chi connectivity index (χ0n) is 21.0. The van der Waals surface area contributed by atoms with Gasteiger partial charge in [0, 0.05) is 19.2 Å². The molecule has 10 heteroatoms. The number of nitrogens with one attached hydrogen (secondary N) is 1. The summed E-state index contributed by atoms with van der Waals surface area (Å²) in [6.07, 6.45) is 2.30. The van der Waals surface area contributed by atoms with Crippen molar-refractivity contribution in [3.05, 3.63) is 54.1 Å². The van der Waals surface area contributed by atoms with E-state index in [9.17, 15) is 18.0 Å². The number of hydrogen-bond donors (Lipinski definition) is 1. The lowest BCUT2D eigenvalue weighted by Crippen LogP contribution is -2.52. The molecule has 0 aliphatic carbocycles. The number of amides is 2. The van der Waals surface area contributed by atoms with Crippen molar-refractivity contribution in [1.82, 2.24) is 10.2 Å². The van der Waals surface area contributed by atoms with Crippen LogP contribution in [-0.2, 0) is 26.0 Å². The van der Waals surface area contributed by atoms with Gasteiger partial charge in [-0.05, 0) is 37.5 Å². The second-order valence-electron chi connectivity index (χ2n) is 8.10. The molecule has 2 aromatic rings. The molecule has 2 amide bonds. The Labute approximate surface area is 208 Å². The fraction of sp³-hybridized carbons (Fsp3) is 0.440. The van der Waals surface area contributed by atoms with Gasteiger partial charge in [-0.2, -0.15) is 0 Å². The Kier molecular flexibility index (Phi) is 10.4. The highest BCUT2D eigenvalue weighted by Crippen LogP contribution is 2.33. The summed E-state index contributed by atoms with van der Waals surface area (Å²) in [6, 6.07) is 13.5. The van der Waals surface area contributed by atoms with Gasteiger partial charge in [0.05, 0.1) is 26.2 Å². The van der Waals surface area contributed by atoms with Crippen LogP contribution in [0.25, 0.3) is 0 Å². The van der Waals surface area contributed by atoms with Crippen molar-refractivity contribution < 1.29 is 27.5 Å². The Morgan fingerprint density at radius 2 is 1.74 bits per heavy atom. The van der Waals surface area contributed by atoms with E-state index in [2.05, 4.69) is 5.32 Å². The summed E-state index contributed by atoms with van der Waals surface area (Å²) in [5.74, 6) is -0.0622. The van der Waals surface area contributed by atoms with Crippen molar-refractivity contribution >= 4 is 27.5 Å². The molecule has 0 bridgehead atoms. The zero-order chi connectivity index (χ0) is 26.0. The molecule has 0 aliphatic rings. The highest BCUT2D eigenvalue weighted by atomic mass is 32.2. The molecule has 0 unspecified atom stereocenters. The number of carbonyl (C=O) groups excluding carboxylic acids is 2. The van der Waals surface area contributed by atoms with E-state index < -0.39 is 28.5 Å². The third kappa shape index (κ3) is 7.88. The number of rotatable bonds is 13. The first-order valence-electron chi connectivity index (χ1n) is 11.4. The molecule has 192 valence electrons. The number of ether oxygens (including phenoxy) is 2. The monoisotopic (exact) mass is 505 g/mol. The van der Waals surface area contributed by atoms with Crippen molar-refractivity contribution in [2.24, 2.45) is 0 Å². The van der Waals surface area contributed by atoms with E-state index in [0.717, 1.165) is 22.5 Å². The molecule has 1 N–H and O–H groups in total. The van der Waals surface area contributed by atoms with Gasteiger partial charge in [-0.25, -0.2) is 8.42 Å². The zero-order valence-corrected chi connectivity index (χ0v) is 21.8. The molecule has 0 fully saturated rings. The average molecular weight is 506 g/mol. The van der Waals surface area contributed by atoms with Crippen molar-refractivity contribution in [3.63, 3.8) is 0 Å². The van der Waals surface area contributed by atoms with Crippen LogP contribution in [0.3, 0.4) is 0 Å². The second-order valence-corrected chi connectivity index (χ2v) is 10.0. The van der Waals surface area contributed by atoms with Gasteiger partial charge in [-0.1, -0.05) is 37.3 Å². The fourth-order valence-electron chi connectivity index (χ4n) is 3.55. The van der Waals surface area contributed by atoms with Crippen molar-refractivity contribution in [2.45, 2.75) is 32.7 Å². The summed E-state index contributed by atoms with van der Waals surface area (Å²) < 4.78 is 37.0. The van der Waals surface area contributed by atoms with Gasteiger partial charge in [0.2, 0.25) is 21.8 Å². The molecule has 9 nitrogen and oxygen atoms in total. The van der Waals surface area contributed by atoms with Crippen LogP contribution in [0.4, 0.5) is 5.69 Å². The standard InChI is InChI=1S/C25H35N3O6S/c1-6-15-26-25(30)19(2)27(16-14-20-10-8-7-9-11-20)24(29)18-28(35(5,31)32)22-13-12-21(33-3)17-23(22)34-4/h7-13,17,19H,6,14-16,18H2,1-5H3,(H,26,30)/t19-/m1/s1. The van der Waals surface area contributed by atoms with E-state index in [1.807, 2.05) is 37.3 Å². The fourth-order valence-corrected chi connectivity index (χ4v) is 4.40. The molecule has 0 radical (unpaired) electrons. The van der Waals surface area contributed by atoms with Gasteiger partial charge in [-0.3, -0.25) is 13.9 Å². The number of anilines is 1. The molecule has 2 rings (SSSR count). The first-order chi connectivity index (χ1) is 16.6. The first kappa shape index (κ1) is 28.0. The van der Waals surface area contributed by atoms with Gasteiger partial charge in [0.25, 0.3) is 0 Å². The summed E-state index contributed by atoms with van der Waals surface area (Å²) in [7, 11) is -0.964. The van der Waals surface area contributed by atoms with Gasteiger partial charge in [-0.15, -0.1) is 0 Å². The van der Waals surface area contributed by atoms with Crippen molar-refractivity contribution in [1.29, 1.82) is 0 Å². The van der Waals surface area contributed by atoms with E-state index >= 15 is 0 Å². The summed E-state index contributed by atoms with van der Waals surface area (Å²) in [4.78, 5) is 27.6. The molecule has 0 heterocycles. The van der Waals surface area contributed by atoms with Crippen LogP contribution < -0.4 is 19.1 Å². The topological polar surface area (TPSA) is 105 Å². The molecule has 2 aromatic carbocycles. The SMILES string of the molecule is CCCNC(=O)[C@@H](C)N(CCc1ccccc1)C(=O)CN(c1ccc(OC)cc1OC)S(C)(=O)=O. The van der Waals surface area contributed by atoms with Gasteiger partial charge in [0.15, 0.2) is 0 Å². The Morgan fingerprint density at radius 1 is 1.06 bits per heavy atom. The molecule has 0 spiro atoms. The van der Waals surface area contributed by atoms with Crippen molar-refractivity contribution in [2.75, 3.05) is 44.4 Å². The van der Waals surface area contributed by atoms with Crippen LogP contribution in [0.1, 0.15) is 25.8 Å². The van der Waals surface area contributed by atoms with Crippen LogP contribution in [0.15, 0.2) is 48.5 Å². The van der Waals surface area contributed by atoms with Crippen LogP contribution >= 0.6 is 0 Å². The first-order valence-corrected chi connectivity index (χ1v) is 13.3. The molecule has 0 saturated carbocycles. The Morgan fingerprint density at radius 3 is 2.31 bits per heavy atom. The minimum absolute atomic E-state index is 0.204. The lowest BCUT2D eigenvalue weighted by Gasteiger charge is -2.31. The molecular weight excluding hydrogens is 470 g/mol. The van der Waals surface area contributed by atoms with E-state index in [1.165, 1.54) is 25.2 Å². The molecule has 1 atom stereocenters. The maximum atomic E-state index is 13.5. The lowest BCUT2D eigenvalue weighted by molar-refractivity contribution is -0.138. The minimum atomic E-state index is -3.86. The van der Waals surface area contributed by atoms with E-state index in [4.69, 9.17) is 9.47 Å². The maximum Gasteiger partial charge on any atom is 0.244 e. The smallest absolute Gasteiger partial charge is 0.244 e. The van der Waals surface area contributed by atoms with Gasteiger partial charge >= 0.3 is 0 Å². The number of methoxy groups -OCH3 is 2. The Hall–Kier alpha value is -3.27. The van der Waals surface area contributed by atoms with Gasteiger partial charge in [0.1, 0.15) is 24.1 Å².